The lowest BCUT2D eigenvalue weighted by molar-refractivity contribution is -0.138. The summed E-state index contributed by atoms with van der Waals surface area (Å²) in [5.41, 5.74) is 2.33. The van der Waals surface area contributed by atoms with Gasteiger partial charge in [0.1, 0.15) is 0 Å². The minimum absolute atomic E-state index is 0.0134. The highest BCUT2D eigenvalue weighted by Crippen LogP contribution is 2.30. The predicted octanol–water partition coefficient (Wildman–Crippen LogP) is 2.84. The number of rotatable bonds is 5. The summed E-state index contributed by atoms with van der Waals surface area (Å²) < 4.78 is 0. The minimum atomic E-state index is -0.0134. The number of carbonyl (C=O) groups excluding carboxylic acids is 1. The number of benzene rings is 2. The lowest BCUT2D eigenvalue weighted by atomic mass is 9.94. The van der Waals surface area contributed by atoms with Crippen LogP contribution < -0.4 is 5.32 Å². The Morgan fingerprint density at radius 2 is 1.55 bits per heavy atom. The van der Waals surface area contributed by atoms with Crippen molar-refractivity contribution in [2.24, 2.45) is 5.92 Å². The SMILES string of the molecule is CCN(C(=O)C1CNC1)C(c1ccccc1)c1ccccc1. The Morgan fingerprint density at radius 3 is 1.91 bits per heavy atom. The average Bonchev–Trinajstić information content (AvgIpc) is 2.52. The third-order valence-electron chi connectivity index (χ3n) is 4.30. The van der Waals surface area contributed by atoms with Crippen LogP contribution in [0.25, 0.3) is 0 Å². The first-order chi connectivity index (χ1) is 10.8. The minimum Gasteiger partial charge on any atom is -0.332 e. The van der Waals surface area contributed by atoms with E-state index in [4.69, 9.17) is 0 Å². The molecule has 114 valence electrons. The zero-order valence-corrected chi connectivity index (χ0v) is 12.9. The standard InChI is InChI=1S/C19H22N2O/c1-2-21(19(22)17-13-20-14-17)18(15-9-5-3-6-10-15)16-11-7-4-8-12-16/h3-12,17-18,20H,2,13-14H2,1H3. The van der Waals surface area contributed by atoms with Crippen LogP contribution in [0, 0.1) is 5.92 Å². The molecule has 0 saturated carbocycles. The highest BCUT2D eigenvalue weighted by molar-refractivity contribution is 5.81. The number of amides is 1. The molecule has 0 spiro atoms. The van der Waals surface area contributed by atoms with Crippen molar-refractivity contribution in [1.82, 2.24) is 10.2 Å². The quantitative estimate of drug-likeness (QED) is 0.919. The maximum atomic E-state index is 12.8. The number of hydrogen-bond acceptors (Lipinski definition) is 2. The van der Waals surface area contributed by atoms with Crippen LogP contribution >= 0.6 is 0 Å². The molecule has 1 fully saturated rings. The van der Waals surface area contributed by atoms with Gasteiger partial charge in [0.2, 0.25) is 5.91 Å². The lowest BCUT2D eigenvalue weighted by Gasteiger charge is -2.37. The fourth-order valence-electron chi connectivity index (χ4n) is 2.99. The molecule has 2 aromatic rings. The van der Waals surface area contributed by atoms with Crippen LogP contribution in [0.2, 0.25) is 0 Å². The second-order valence-corrected chi connectivity index (χ2v) is 5.70. The fourth-order valence-corrected chi connectivity index (χ4v) is 2.99. The highest BCUT2D eigenvalue weighted by atomic mass is 16.2. The van der Waals surface area contributed by atoms with Gasteiger partial charge < -0.3 is 10.2 Å². The van der Waals surface area contributed by atoms with Gasteiger partial charge in [-0.05, 0) is 18.1 Å². The monoisotopic (exact) mass is 294 g/mol. The van der Waals surface area contributed by atoms with Crippen molar-refractivity contribution in [2.45, 2.75) is 13.0 Å². The Bertz CT molecular complexity index is 568. The second kappa shape index (κ2) is 6.75. The van der Waals surface area contributed by atoms with Gasteiger partial charge in [0, 0.05) is 19.6 Å². The Kier molecular flexibility index (Phi) is 4.54. The molecule has 1 N–H and O–H groups in total. The Balaban J connectivity index is 1.98. The van der Waals surface area contributed by atoms with Crippen molar-refractivity contribution in [3.63, 3.8) is 0 Å². The molecule has 0 aromatic heterocycles. The van der Waals surface area contributed by atoms with Crippen LogP contribution in [0.4, 0.5) is 0 Å². The van der Waals surface area contributed by atoms with Crippen molar-refractivity contribution < 1.29 is 4.79 Å². The largest absolute Gasteiger partial charge is 0.332 e. The molecule has 1 saturated heterocycles. The maximum Gasteiger partial charge on any atom is 0.229 e. The summed E-state index contributed by atoms with van der Waals surface area (Å²) in [5.74, 6) is 0.369. The van der Waals surface area contributed by atoms with Crippen LogP contribution in [-0.2, 0) is 4.79 Å². The molecular weight excluding hydrogens is 272 g/mol. The zero-order chi connectivity index (χ0) is 15.4. The van der Waals surface area contributed by atoms with Gasteiger partial charge in [-0.15, -0.1) is 0 Å². The molecule has 0 unspecified atom stereocenters. The molecule has 3 nitrogen and oxygen atoms in total. The molecule has 2 aromatic carbocycles. The van der Waals surface area contributed by atoms with E-state index in [1.54, 1.807) is 0 Å². The number of hydrogen-bond donors (Lipinski definition) is 1. The zero-order valence-electron chi connectivity index (χ0n) is 12.9. The summed E-state index contributed by atoms with van der Waals surface area (Å²) in [6.45, 7) is 4.37. The molecule has 0 aliphatic carbocycles. The molecule has 1 aliphatic rings. The number of nitrogens with zero attached hydrogens (tertiary/aromatic N) is 1. The van der Waals surface area contributed by atoms with E-state index in [2.05, 4.69) is 36.5 Å². The molecule has 0 radical (unpaired) electrons. The molecule has 3 rings (SSSR count). The summed E-state index contributed by atoms with van der Waals surface area (Å²) in [6.07, 6.45) is 0. The van der Waals surface area contributed by atoms with E-state index in [0.29, 0.717) is 6.54 Å². The van der Waals surface area contributed by atoms with Crippen molar-refractivity contribution >= 4 is 5.91 Å². The molecule has 0 bridgehead atoms. The van der Waals surface area contributed by atoms with Gasteiger partial charge in [0.15, 0.2) is 0 Å². The smallest absolute Gasteiger partial charge is 0.229 e. The van der Waals surface area contributed by atoms with Gasteiger partial charge in [-0.3, -0.25) is 4.79 Å². The van der Waals surface area contributed by atoms with Crippen LogP contribution in [0.5, 0.6) is 0 Å². The first-order valence-electron chi connectivity index (χ1n) is 7.92. The van der Waals surface area contributed by atoms with Crippen molar-refractivity contribution in [2.75, 3.05) is 19.6 Å². The van der Waals surface area contributed by atoms with Crippen molar-refractivity contribution in [3.05, 3.63) is 71.8 Å². The van der Waals surface area contributed by atoms with E-state index >= 15 is 0 Å². The van der Waals surface area contributed by atoms with Crippen LogP contribution in [0.3, 0.4) is 0 Å². The molecule has 1 aliphatic heterocycles. The van der Waals surface area contributed by atoms with Crippen LogP contribution in [-0.4, -0.2) is 30.4 Å². The Hall–Kier alpha value is -2.13. The fraction of sp³-hybridized carbons (Fsp3) is 0.316. The molecule has 1 heterocycles. The lowest BCUT2D eigenvalue weighted by Crippen LogP contribution is -2.52. The van der Waals surface area contributed by atoms with Gasteiger partial charge >= 0.3 is 0 Å². The molecule has 3 heteroatoms. The third-order valence-corrected chi connectivity index (χ3v) is 4.30. The van der Waals surface area contributed by atoms with Crippen molar-refractivity contribution in [1.29, 1.82) is 0 Å². The van der Waals surface area contributed by atoms with Gasteiger partial charge in [-0.25, -0.2) is 0 Å². The summed E-state index contributed by atoms with van der Waals surface area (Å²) >= 11 is 0. The average molecular weight is 294 g/mol. The Morgan fingerprint density at radius 1 is 1.05 bits per heavy atom. The molecule has 1 amide bonds. The van der Waals surface area contributed by atoms with E-state index in [1.165, 1.54) is 0 Å². The van der Waals surface area contributed by atoms with E-state index in [1.807, 2.05) is 41.3 Å². The topological polar surface area (TPSA) is 32.3 Å². The molecule has 22 heavy (non-hydrogen) atoms. The molecular formula is C19H22N2O. The number of nitrogens with one attached hydrogen (secondary N) is 1. The Labute approximate surface area is 132 Å². The second-order valence-electron chi connectivity index (χ2n) is 5.70. The van der Waals surface area contributed by atoms with Crippen LogP contribution in [0.15, 0.2) is 60.7 Å². The van der Waals surface area contributed by atoms with Crippen molar-refractivity contribution in [3.8, 4) is 0 Å². The van der Waals surface area contributed by atoms with E-state index in [-0.39, 0.29) is 17.9 Å². The first kappa shape index (κ1) is 14.8. The predicted molar refractivity (Wildman–Crippen MR) is 88.5 cm³/mol. The summed E-state index contributed by atoms with van der Waals surface area (Å²) in [4.78, 5) is 14.8. The summed E-state index contributed by atoms with van der Waals surface area (Å²) in [6, 6.07) is 20.6. The molecule has 0 atom stereocenters. The van der Waals surface area contributed by atoms with E-state index < -0.39 is 0 Å². The summed E-state index contributed by atoms with van der Waals surface area (Å²) in [5, 5.41) is 3.19. The normalized spacial score (nSPS) is 14.6. The number of carbonyl (C=O) groups is 1. The summed E-state index contributed by atoms with van der Waals surface area (Å²) in [7, 11) is 0. The highest BCUT2D eigenvalue weighted by Gasteiger charge is 2.33. The van der Waals surface area contributed by atoms with E-state index in [9.17, 15) is 4.79 Å². The van der Waals surface area contributed by atoms with Gasteiger partial charge in [-0.1, -0.05) is 60.7 Å². The first-order valence-corrected chi connectivity index (χ1v) is 7.92. The van der Waals surface area contributed by atoms with Gasteiger partial charge in [-0.2, -0.15) is 0 Å². The van der Waals surface area contributed by atoms with Gasteiger partial charge in [0.25, 0.3) is 0 Å². The van der Waals surface area contributed by atoms with Gasteiger partial charge in [0.05, 0.1) is 12.0 Å². The third kappa shape index (κ3) is 2.90. The maximum absolute atomic E-state index is 12.8. The van der Waals surface area contributed by atoms with Crippen LogP contribution in [0.1, 0.15) is 24.1 Å². The van der Waals surface area contributed by atoms with E-state index in [0.717, 1.165) is 24.2 Å².